The van der Waals surface area contributed by atoms with Gasteiger partial charge in [-0.15, -0.1) is 0 Å². The average molecular weight is 429 g/mol. The van der Waals surface area contributed by atoms with Crippen LogP contribution >= 0.6 is 23.2 Å². The summed E-state index contributed by atoms with van der Waals surface area (Å²) in [5, 5.41) is 1.59. The van der Waals surface area contributed by atoms with Crippen molar-refractivity contribution in [1.82, 2.24) is 0 Å². The number of hydrogen-bond donors (Lipinski definition) is 0. The van der Waals surface area contributed by atoms with E-state index in [9.17, 15) is 0 Å². The van der Waals surface area contributed by atoms with Gasteiger partial charge in [0, 0.05) is 45.4 Å². The summed E-state index contributed by atoms with van der Waals surface area (Å²) in [5.74, 6) is 0.339. The molecule has 0 unspecified atom stereocenters. The molecule has 0 spiro atoms. The van der Waals surface area contributed by atoms with Gasteiger partial charge < -0.3 is 0 Å². The van der Waals surface area contributed by atoms with Gasteiger partial charge >= 0.3 is 0 Å². The largest absolute Gasteiger partial charge is 0.249 e. The Morgan fingerprint density at radius 2 is 1.00 bits per heavy atom. The van der Waals surface area contributed by atoms with E-state index in [4.69, 9.17) is 23.2 Å². The smallest absolute Gasteiger partial charge is 0.188 e. The number of rotatable bonds is 0. The van der Waals surface area contributed by atoms with Gasteiger partial charge in [-0.05, 0) is 35.4 Å². The van der Waals surface area contributed by atoms with E-state index in [2.05, 4.69) is 82.2 Å². The van der Waals surface area contributed by atoms with Crippen LogP contribution in [0.2, 0.25) is 10.0 Å². The molecule has 6 aliphatic rings. The highest BCUT2D eigenvalue weighted by atomic mass is 35.5. The first-order valence-corrected chi connectivity index (χ1v) is 11.1. The lowest BCUT2D eigenvalue weighted by molar-refractivity contribution is -0.817. The fourth-order valence-electron chi connectivity index (χ4n) is 6.10. The summed E-state index contributed by atoms with van der Waals surface area (Å²) in [7, 11) is 0. The molecule has 144 valence electrons. The van der Waals surface area contributed by atoms with Gasteiger partial charge in [0.15, 0.2) is 23.8 Å². The van der Waals surface area contributed by atoms with Crippen molar-refractivity contribution in [3.63, 3.8) is 0 Å². The molecule has 0 amide bonds. The average Bonchev–Trinajstić information content (AvgIpc) is 2.75. The summed E-state index contributed by atoms with van der Waals surface area (Å²) < 4.78 is 4.97. The molecule has 4 atom stereocenters. The van der Waals surface area contributed by atoms with Crippen molar-refractivity contribution in [2.45, 2.75) is 23.9 Å². The Bertz CT molecular complexity index is 1260. The second-order valence-electron chi connectivity index (χ2n) is 8.46. The highest BCUT2D eigenvalue weighted by Crippen LogP contribution is 2.55. The fraction of sp³-hybridized carbons (Fsp3) is 0.154. The van der Waals surface area contributed by atoms with Crippen molar-refractivity contribution in [2.75, 3.05) is 0 Å². The Balaban J connectivity index is 1.68. The molecule has 10 rings (SSSR count). The van der Waals surface area contributed by atoms with Gasteiger partial charge in [-0.2, -0.15) is 9.13 Å². The summed E-state index contributed by atoms with van der Waals surface area (Å²) >= 11 is 13.1. The standard InChI is InChI=1S/C26H18Cl2N2/c27-15-7-9-17-19(13-15)23-21-5-1-3-11-29(21)25(17)26-18-10-8-16(28)14-20(18)24(23)22-6-2-4-12-30(22)26/h1-14,23-26H/q+2/t23-,24-,25-,26-/m0/s1. The summed E-state index contributed by atoms with van der Waals surface area (Å²) in [5.41, 5.74) is 8.10. The lowest BCUT2D eigenvalue weighted by Crippen LogP contribution is -2.63. The van der Waals surface area contributed by atoms with Crippen LogP contribution in [0, 0.1) is 0 Å². The first-order chi connectivity index (χ1) is 14.7. The van der Waals surface area contributed by atoms with E-state index in [1.165, 1.54) is 33.6 Å². The lowest BCUT2D eigenvalue weighted by Gasteiger charge is -2.42. The number of aromatic nitrogens is 2. The maximum absolute atomic E-state index is 6.53. The topological polar surface area (TPSA) is 7.76 Å². The van der Waals surface area contributed by atoms with Crippen LogP contribution in [0.25, 0.3) is 0 Å². The molecule has 2 aromatic heterocycles. The minimum atomic E-state index is 0.150. The van der Waals surface area contributed by atoms with Crippen molar-refractivity contribution in [1.29, 1.82) is 0 Å². The molecular formula is C26H18Cl2N2+2. The summed E-state index contributed by atoms with van der Waals surface area (Å²) in [6.45, 7) is 0. The van der Waals surface area contributed by atoms with Crippen LogP contribution in [0.5, 0.6) is 0 Å². The molecule has 7 heterocycles. The predicted molar refractivity (Wildman–Crippen MR) is 116 cm³/mol. The molecule has 2 aromatic carbocycles. The Labute approximate surface area is 185 Å². The zero-order valence-corrected chi connectivity index (χ0v) is 17.6. The quantitative estimate of drug-likeness (QED) is 0.333. The molecule has 0 fully saturated rings. The van der Waals surface area contributed by atoms with Crippen molar-refractivity contribution < 1.29 is 9.13 Å². The zero-order chi connectivity index (χ0) is 20.0. The van der Waals surface area contributed by atoms with E-state index in [1.54, 1.807) is 0 Å². The third-order valence-corrected chi connectivity index (χ3v) is 7.59. The van der Waals surface area contributed by atoms with E-state index < -0.39 is 0 Å². The third kappa shape index (κ3) is 2.06. The first-order valence-electron chi connectivity index (χ1n) is 10.3. The van der Waals surface area contributed by atoms with Crippen LogP contribution in [0.1, 0.15) is 57.6 Å². The first kappa shape index (κ1) is 17.0. The highest BCUT2D eigenvalue weighted by Gasteiger charge is 2.58. The normalized spacial score (nSPS) is 24.3. The summed E-state index contributed by atoms with van der Waals surface area (Å²) in [6.07, 6.45) is 4.48. The zero-order valence-electron chi connectivity index (χ0n) is 16.0. The molecule has 0 radical (unpaired) electrons. The molecule has 30 heavy (non-hydrogen) atoms. The second-order valence-corrected chi connectivity index (χ2v) is 9.33. The van der Waals surface area contributed by atoms with Crippen molar-refractivity contribution in [3.8, 4) is 0 Å². The Hall–Kier alpha value is -2.68. The predicted octanol–water partition coefficient (Wildman–Crippen LogP) is 5.35. The molecule has 5 aliphatic heterocycles. The van der Waals surface area contributed by atoms with Gasteiger partial charge in [0.2, 0.25) is 12.1 Å². The maximum Gasteiger partial charge on any atom is 0.249 e. The number of halogens is 2. The van der Waals surface area contributed by atoms with E-state index in [-0.39, 0.29) is 23.9 Å². The molecule has 4 heteroatoms. The van der Waals surface area contributed by atoms with E-state index in [1.807, 2.05) is 12.1 Å². The van der Waals surface area contributed by atoms with Crippen LogP contribution < -0.4 is 9.13 Å². The van der Waals surface area contributed by atoms with Crippen molar-refractivity contribution >= 4 is 23.2 Å². The minimum Gasteiger partial charge on any atom is -0.188 e. The molecular weight excluding hydrogens is 411 g/mol. The number of nitrogens with zero attached hydrogens (tertiary/aromatic N) is 2. The van der Waals surface area contributed by atoms with Crippen LogP contribution in [0.3, 0.4) is 0 Å². The molecule has 0 saturated carbocycles. The summed E-state index contributed by atoms with van der Waals surface area (Å²) in [4.78, 5) is 0. The Morgan fingerprint density at radius 3 is 1.47 bits per heavy atom. The van der Waals surface area contributed by atoms with Crippen LogP contribution in [0.15, 0.2) is 85.2 Å². The fourth-order valence-corrected chi connectivity index (χ4v) is 6.47. The van der Waals surface area contributed by atoms with Crippen LogP contribution in [-0.2, 0) is 0 Å². The Morgan fingerprint density at radius 1 is 0.533 bits per heavy atom. The summed E-state index contributed by atoms with van der Waals surface area (Å²) in [6, 6.07) is 26.3. The monoisotopic (exact) mass is 428 g/mol. The van der Waals surface area contributed by atoms with Gasteiger partial charge in [-0.1, -0.05) is 47.5 Å². The SMILES string of the molecule is Clc1ccc2c(c1)[C@H]1c3cccc[n+]3[C@@H]2[C@@H]2c3ccc(Cl)cc3[C@H]1c1cccc[n+]12. The van der Waals surface area contributed by atoms with Gasteiger partial charge in [0.25, 0.3) is 0 Å². The van der Waals surface area contributed by atoms with E-state index >= 15 is 0 Å². The van der Waals surface area contributed by atoms with Crippen molar-refractivity contribution in [2.24, 2.45) is 0 Å². The Kier molecular flexibility index (Phi) is 3.37. The van der Waals surface area contributed by atoms with Gasteiger partial charge in [-0.3, -0.25) is 0 Å². The van der Waals surface area contributed by atoms with E-state index in [0.717, 1.165) is 10.0 Å². The second kappa shape index (κ2) is 5.94. The van der Waals surface area contributed by atoms with Crippen LogP contribution in [-0.4, -0.2) is 0 Å². The van der Waals surface area contributed by atoms with Crippen molar-refractivity contribution in [3.05, 3.63) is 129 Å². The third-order valence-electron chi connectivity index (χ3n) is 7.12. The number of pyridine rings is 2. The van der Waals surface area contributed by atoms with Gasteiger partial charge in [0.1, 0.15) is 0 Å². The molecule has 2 nitrogen and oxygen atoms in total. The molecule has 4 aromatic rings. The number of hydrogen-bond acceptors (Lipinski definition) is 0. The van der Waals surface area contributed by atoms with Gasteiger partial charge in [0.05, 0.1) is 11.8 Å². The molecule has 0 N–H and O–H groups in total. The number of benzene rings is 2. The van der Waals surface area contributed by atoms with Gasteiger partial charge in [-0.25, -0.2) is 0 Å². The lowest BCUT2D eigenvalue weighted by atomic mass is 9.65. The molecule has 4 bridgehead atoms. The highest BCUT2D eigenvalue weighted by molar-refractivity contribution is 6.31. The van der Waals surface area contributed by atoms with E-state index in [0.29, 0.717) is 0 Å². The molecule has 0 saturated heterocycles. The van der Waals surface area contributed by atoms with Crippen LogP contribution in [0.4, 0.5) is 0 Å². The maximum atomic E-state index is 6.53. The molecule has 1 aliphatic carbocycles. The minimum absolute atomic E-state index is 0.150.